The fourth-order valence-corrected chi connectivity index (χ4v) is 2.01. The van der Waals surface area contributed by atoms with Crippen molar-refractivity contribution in [2.75, 3.05) is 6.54 Å². The summed E-state index contributed by atoms with van der Waals surface area (Å²) in [4.78, 5) is 15.9. The maximum atomic E-state index is 14.0. The number of rotatable bonds is 4. The summed E-state index contributed by atoms with van der Waals surface area (Å²) in [5, 5.41) is 3.08. The van der Waals surface area contributed by atoms with Gasteiger partial charge in [0, 0.05) is 18.3 Å². The Kier molecular flexibility index (Phi) is 4.69. The molecule has 1 aromatic carbocycles. The topological polar surface area (TPSA) is 42.0 Å². The second-order valence-corrected chi connectivity index (χ2v) is 4.69. The van der Waals surface area contributed by atoms with Gasteiger partial charge in [-0.05, 0) is 30.7 Å². The van der Waals surface area contributed by atoms with E-state index in [2.05, 4.69) is 10.3 Å². The van der Waals surface area contributed by atoms with Gasteiger partial charge in [0.05, 0.1) is 16.3 Å². The Morgan fingerprint density at radius 2 is 2.20 bits per heavy atom. The zero-order valence-electron chi connectivity index (χ0n) is 11.0. The van der Waals surface area contributed by atoms with E-state index in [0.717, 1.165) is 6.42 Å². The van der Waals surface area contributed by atoms with Crippen LogP contribution in [-0.4, -0.2) is 17.4 Å². The lowest BCUT2D eigenvalue weighted by atomic mass is 10.1. The van der Waals surface area contributed by atoms with Gasteiger partial charge >= 0.3 is 0 Å². The van der Waals surface area contributed by atoms with Crippen molar-refractivity contribution in [3.63, 3.8) is 0 Å². The number of pyridine rings is 1. The second kappa shape index (κ2) is 6.48. The van der Waals surface area contributed by atoms with Crippen LogP contribution in [0, 0.1) is 5.82 Å². The van der Waals surface area contributed by atoms with E-state index < -0.39 is 11.7 Å². The third kappa shape index (κ3) is 3.14. The summed E-state index contributed by atoms with van der Waals surface area (Å²) in [5.41, 5.74) is 1.06. The number of nitrogens with one attached hydrogen (secondary N) is 1. The minimum atomic E-state index is -0.585. The van der Waals surface area contributed by atoms with Gasteiger partial charge in [-0.3, -0.25) is 9.78 Å². The lowest BCUT2D eigenvalue weighted by Crippen LogP contribution is -2.24. The molecule has 2 rings (SSSR count). The van der Waals surface area contributed by atoms with Crippen LogP contribution < -0.4 is 5.32 Å². The lowest BCUT2D eigenvalue weighted by molar-refractivity contribution is 0.0949. The number of aromatic nitrogens is 1. The van der Waals surface area contributed by atoms with Crippen molar-refractivity contribution in [3.8, 4) is 11.3 Å². The smallest absolute Gasteiger partial charge is 0.254 e. The van der Waals surface area contributed by atoms with Gasteiger partial charge in [0.2, 0.25) is 0 Å². The van der Waals surface area contributed by atoms with Crippen LogP contribution in [0.2, 0.25) is 5.02 Å². The van der Waals surface area contributed by atoms with Crippen LogP contribution in [0.3, 0.4) is 0 Å². The minimum absolute atomic E-state index is 0.0225. The summed E-state index contributed by atoms with van der Waals surface area (Å²) < 4.78 is 14.0. The van der Waals surface area contributed by atoms with Crippen molar-refractivity contribution in [3.05, 3.63) is 52.9 Å². The Balaban J connectivity index is 2.31. The van der Waals surface area contributed by atoms with Crippen molar-refractivity contribution in [2.45, 2.75) is 13.3 Å². The maximum absolute atomic E-state index is 14.0. The first kappa shape index (κ1) is 14.5. The Labute approximate surface area is 121 Å². The Hall–Kier alpha value is -1.94. The Morgan fingerprint density at radius 1 is 1.40 bits per heavy atom. The molecule has 0 saturated carbocycles. The van der Waals surface area contributed by atoms with Gasteiger partial charge in [0.15, 0.2) is 0 Å². The SMILES string of the molecule is CCCNC(=O)c1ccc(-c2ncccc2Cl)cc1F. The van der Waals surface area contributed by atoms with Crippen LogP contribution in [0.1, 0.15) is 23.7 Å². The highest BCUT2D eigenvalue weighted by Gasteiger charge is 2.13. The summed E-state index contributed by atoms with van der Waals surface area (Å²) in [7, 11) is 0. The van der Waals surface area contributed by atoms with E-state index in [4.69, 9.17) is 11.6 Å². The van der Waals surface area contributed by atoms with E-state index in [1.807, 2.05) is 6.92 Å². The zero-order valence-corrected chi connectivity index (χ0v) is 11.7. The minimum Gasteiger partial charge on any atom is -0.352 e. The first-order valence-corrected chi connectivity index (χ1v) is 6.70. The summed E-state index contributed by atoms with van der Waals surface area (Å²) in [5.74, 6) is -0.999. The van der Waals surface area contributed by atoms with Gasteiger partial charge in [0.25, 0.3) is 5.91 Å². The van der Waals surface area contributed by atoms with Gasteiger partial charge in [0.1, 0.15) is 5.82 Å². The van der Waals surface area contributed by atoms with E-state index in [9.17, 15) is 9.18 Å². The first-order chi connectivity index (χ1) is 9.63. The number of amides is 1. The van der Waals surface area contributed by atoms with Crippen molar-refractivity contribution >= 4 is 17.5 Å². The third-order valence-corrected chi connectivity index (χ3v) is 3.09. The molecule has 3 nitrogen and oxygen atoms in total. The average Bonchev–Trinajstić information content (AvgIpc) is 2.45. The zero-order chi connectivity index (χ0) is 14.5. The van der Waals surface area contributed by atoms with Gasteiger partial charge < -0.3 is 5.32 Å². The molecule has 5 heteroatoms. The van der Waals surface area contributed by atoms with Crippen LogP contribution in [-0.2, 0) is 0 Å². The van der Waals surface area contributed by atoms with Crippen LogP contribution >= 0.6 is 11.6 Å². The summed E-state index contributed by atoms with van der Waals surface area (Å²) in [6.07, 6.45) is 2.38. The fourth-order valence-electron chi connectivity index (χ4n) is 1.78. The molecule has 0 fully saturated rings. The number of halogens is 2. The molecular weight excluding hydrogens is 279 g/mol. The van der Waals surface area contributed by atoms with Crippen molar-refractivity contribution in [1.82, 2.24) is 10.3 Å². The van der Waals surface area contributed by atoms with Gasteiger partial charge in [-0.15, -0.1) is 0 Å². The molecule has 0 saturated heterocycles. The number of hydrogen-bond donors (Lipinski definition) is 1. The van der Waals surface area contributed by atoms with E-state index >= 15 is 0 Å². The Morgan fingerprint density at radius 3 is 2.85 bits per heavy atom. The van der Waals surface area contributed by atoms with Gasteiger partial charge in [-0.2, -0.15) is 0 Å². The Bertz CT molecular complexity index is 631. The van der Waals surface area contributed by atoms with Crippen LogP contribution in [0.4, 0.5) is 4.39 Å². The molecule has 0 aliphatic carbocycles. The highest BCUT2D eigenvalue weighted by molar-refractivity contribution is 6.33. The fraction of sp³-hybridized carbons (Fsp3) is 0.200. The molecule has 0 atom stereocenters. The molecule has 0 aliphatic rings. The molecule has 20 heavy (non-hydrogen) atoms. The van der Waals surface area contributed by atoms with Crippen molar-refractivity contribution in [1.29, 1.82) is 0 Å². The number of carbonyl (C=O) groups excluding carboxylic acids is 1. The van der Waals surface area contributed by atoms with Crippen molar-refractivity contribution < 1.29 is 9.18 Å². The lowest BCUT2D eigenvalue weighted by Gasteiger charge is -2.07. The molecule has 0 spiro atoms. The summed E-state index contributed by atoms with van der Waals surface area (Å²) in [6.45, 7) is 2.45. The number of carbonyl (C=O) groups is 1. The van der Waals surface area contributed by atoms with E-state index in [-0.39, 0.29) is 5.56 Å². The molecule has 1 heterocycles. The average molecular weight is 293 g/mol. The van der Waals surface area contributed by atoms with Gasteiger partial charge in [-0.1, -0.05) is 24.6 Å². The molecule has 1 N–H and O–H groups in total. The van der Waals surface area contributed by atoms with Crippen LogP contribution in [0.5, 0.6) is 0 Å². The van der Waals surface area contributed by atoms with Crippen molar-refractivity contribution in [2.24, 2.45) is 0 Å². The first-order valence-electron chi connectivity index (χ1n) is 6.32. The quantitative estimate of drug-likeness (QED) is 0.934. The highest BCUT2D eigenvalue weighted by atomic mass is 35.5. The second-order valence-electron chi connectivity index (χ2n) is 4.28. The van der Waals surface area contributed by atoms with E-state index in [1.165, 1.54) is 12.1 Å². The molecule has 0 aliphatic heterocycles. The normalized spacial score (nSPS) is 10.3. The molecule has 104 valence electrons. The molecule has 1 aromatic heterocycles. The number of benzene rings is 1. The summed E-state index contributed by atoms with van der Waals surface area (Å²) in [6, 6.07) is 7.74. The molecule has 0 radical (unpaired) electrons. The van der Waals surface area contributed by atoms with Gasteiger partial charge in [-0.25, -0.2) is 4.39 Å². The van der Waals surface area contributed by atoms with E-state index in [1.54, 1.807) is 24.4 Å². The number of nitrogens with zero attached hydrogens (tertiary/aromatic N) is 1. The molecular formula is C15H14ClFN2O. The van der Waals surface area contributed by atoms with E-state index in [0.29, 0.717) is 22.8 Å². The predicted octanol–water partition coefficient (Wildman–Crippen LogP) is 3.68. The molecule has 1 amide bonds. The summed E-state index contributed by atoms with van der Waals surface area (Å²) >= 11 is 6.02. The number of hydrogen-bond acceptors (Lipinski definition) is 2. The molecule has 2 aromatic rings. The highest BCUT2D eigenvalue weighted by Crippen LogP contribution is 2.26. The molecule has 0 unspecified atom stereocenters. The third-order valence-electron chi connectivity index (χ3n) is 2.78. The largest absolute Gasteiger partial charge is 0.352 e. The van der Waals surface area contributed by atoms with Crippen LogP contribution in [0.25, 0.3) is 11.3 Å². The monoisotopic (exact) mass is 292 g/mol. The standard InChI is InChI=1S/C15H14ClFN2O/c1-2-7-19-15(20)11-6-5-10(9-13(11)17)14-12(16)4-3-8-18-14/h3-6,8-9H,2,7H2,1H3,(H,19,20). The molecule has 0 bridgehead atoms. The predicted molar refractivity (Wildman–Crippen MR) is 77.3 cm³/mol. The van der Waals surface area contributed by atoms with Crippen LogP contribution in [0.15, 0.2) is 36.5 Å². The maximum Gasteiger partial charge on any atom is 0.254 e.